The van der Waals surface area contributed by atoms with Crippen LogP contribution in [0.25, 0.3) is 10.4 Å². The third-order valence-electron chi connectivity index (χ3n) is 3.11. The van der Waals surface area contributed by atoms with E-state index in [-0.39, 0.29) is 23.9 Å². The molecule has 1 aliphatic rings. The molecule has 0 bridgehead atoms. The second kappa shape index (κ2) is 5.94. The molecule has 1 aromatic rings. The summed E-state index contributed by atoms with van der Waals surface area (Å²) in [4.78, 5) is 27.3. The molecule has 0 aliphatic carbocycles. The van der Waals surface area contributed by atoms with E-state index in [0.717, 1.165) is 0 Å². The lowest BCUT2D eigenvalue weighted by Gasteiger charge is -2.19. The maximum atomic E-state index is 12.0. The van der Waals surface area contributed by atoms with Crippen molar-refractivity contribution in [1.29, 1.82) is 0 Å². The van der Waals surface area contributed by atoms with Gasteiger partial charge in [0.2, 0.25) is 5.91 Å². The van der Waals surface area contributed by atoms with Crippen LogP contribution in [0.15, 0.2) is 27.8 Å². The molecule has 1 heterocycles. The highest BCUT2D eigenvalue weighted by atomic mass is 79.9. The number of hydrogen-bond donors (Lipinski definition) is 1. The van der Waals surface area contributed by atoms with Crippen molar-refractivity contribution in [2.45, 2.75) is 6.42 Å². The molecule has 20 heavy (non-hydrogen) atoms. The summed E-state index contributed by atoms with van der Waals surface area (Å²) < 4.78 is 0.380. The number of hydrogen-bond acceptors (Lipinski definition) is 3. The van der Waals surface area contributed by atoms with Crippen molar-refractivity contribution in [3.05, 3.63) is 38.7 Å². The molecule has 0 saturated carbocycles. The topological polar surface area (TPSA) is 106 Å². The van der Waals surface area contributed by atoms with E-state index in [1.807, 2.05) is 0 Å². The molecule has 1 aliphatic heterocycles. The van der Waals surface area contributed by atoms with Crippen molar-refractivity contribution in [3.63, 3.8) is 0 Å². The minimum atomic E-state index is -1.06. The molecule has 1 fully saturated rings. The van der Waals surface area contributed by atoms with Crippen LogP contribution < -0.4 is 4.90 Å². The lowest BCUT2D eigenvalue weighted by atomic mass is 10.1. The van der Waals surface area contributed by atoms with E-state index in [1.54, 1.807) is 12.1 Å². The minimum absolute atomic E-state index is 0.0428. The molecule has 1 atom stereocenters. The number of carboxylic acid groups (broad SMARTS) is 1. The van der Waals surface area contributed by atoms with Crippen LogP contribution in [0.1, 0.15) is 16.8 Å². The fourth-order valence-electron chi connectivity index (χ4n) is 2.18. The van der Waals surface area contributed by atoms with Crippen LogP contribution in [-0.4, -0.2) is 30.1 Å². The third-order valence-corrected chi connectivity index (χ3v) is 3.94. The van der Waals surface area contributed by atoms with E-state index in [1.165, 1.54) is 11.0 Å². The number of halogens is 1. The predicted molar refractivity (Wildman–Crippen MR) is 75.6 cm³/mol. The summed E-state index contributed by atoms with van der Waals surface area (Å²) >= 11 is 3.24. The molecule has 1 unspecified atom stereocenters. The minimum Gasteiger partial charge on any atom is -0.478 e. The fourth-order valence-corrected chi connectivity index (χ4v) is 2.83. The van der Waals surface area contributed by atoms with E-state index < -0.39 is 5.97 Å². The first kappa shape index (κ1) is 14.4. The van der Waals surface area contributed by atoms with Crippen molar-refractivity contribution < 1.29 is 14.7 Å². The molecule has 0 aromatic heterocycles. The van der Waals surface area contributed by atoms with Crippen molar-refractivity contribution in [2.75, 3.05) is 18.0 Å². The van der Waals surface area contributed by atoms with Crippen LogP contribution in [-0.2, 0) is 4.79 Å². The van der Waals surface area contributed by atoms with Crippen molar-refractivity contribution in [2.24, 2.45) is 11.0 Å². The Morgan fingerprint density at radius 2 is 2.35 bits per heavy atom. The van der Waals surface area contributed by atoms with Gasteiger partial charge in [-0.3, -0.25) is 4.79 Å². The summed E-state index contributed by atoms with van der Waals surface area (Å²) in [5, 5.41) is 12.6. The Kier molecular flexibility index (Phi) is 4.26. The molecular formula is C12H11BrN4O3. The first-order valence-corrected chi connectivity index (χ1v) is 6.67. The van der Waals surface area contributed by atoms with Crippen molar-refractivity contribution in [1.82, 2.24) is 0 Å². The summed E-state index contributed by atoms with van der Waals surface area (Å²) in [6, 6.07) is 4.75. The highest BCUT2D eigenvalue weighted by Crippen LogP contribution is 2.33. The van der Waals surface area contributed by atoms with Crippen LogP contribution in [0.2, 0.25) is 0 Å². The van der Waals surface area contributed by atoms with Crippen LogP contribution >= 0.6 is 15.9 Å². The van der Waals surface area contributed by atoms with Gasteiger partial charge in [0.25, 0.3) is 0 Å². The number of anilines is 1. The van der Waals surface area contributed by atoms with Gasteiger partial charge < -0.3 is 10.0 Å². The first-order valence-electron chi connectivity index (χ1n) is 5.87. The SMILES string of the molecule is [N-]=[N+]=NCC1CC(=O)N(c2cccc(C(=O)O)c2Br)C1. The largest absolute Gasteiger partial charge is 0.478 e. The molecule has 1 saturated heterocycles. The molecule has 0 spiro atoms. The second-order valence-corrected chi connectivity index (χ2v) is 5.22. The average Bonchev–Trinajstić information content (AvgIpc) is 2.77. The summed E-state index contributed by atoms with van der Waals surface area (Å²) in [6.45, 7) is 0.675. The third kappa shape index (κ3) is 2.76. The number of aromatic carboxylic acids is 1. The number of carbonyl (C=O) groups excluding carboxylic acids is 1. The van der Waals surface area contributed by atoms with Crippen molar-refractivity contribution >= 4 is 33.5 Å². The van der Waals surface area contributed by atoms with E-state index in [9.17, 15) is 9.59 Å². The zero-order valence-corrected chi connectivity index (χ0v) is 11.9. The number of nitrogens with zero attached hydrogens (tertiary/aromatic N) is 4. The van der Waals surface area contributed by atoms with Gasteiger partial charge >= 0.3 is 5.97 Å². The molecule has 1 amide bonds. The lowest BCUT2D eigenvalue weighted by Crippen LogP contribution is -2.25. The number of azide groups is 1. The smallest absolute Gasteiger partial charge is 0.336 e. The van der Waals surface area contributed by atoms with Gasteiger partial charge in [-0.25, -0.2) is 4.79 Å². The number of carboxylic acids is 1. The Balaban J connectivity index is 2.28. The van der Waals surface area contributed by atoms with Gasteiger partial charge in [-0.05, 0) is 39.5 Å². The molecule has 1 aromatic carbocycles. The summed E-state index contributed by atoms with van der Waals surface area (Å²) in [7, 11) is 0. The number of benzene rings is 1. The second-order valence-electron chi connectivity index (χ2n) is 4.43. The van der Waals surface area contributed by atoms with E-state index in [4.69, 9.17) is 10.6 Å². The molecule has 1 N–H and O–H groups in total. The van der Waals surface area contributed by atoms with E-state index >= 15 is 0 Å². The van der Waals surface area contributed by atoms with Gasteiger partial charge in [0.05, 0.1) is 15.7 Å². The summed E-state index contributed by atoms with van der Waals surface area (Å²) in [5.41, 5.74) is 8.94. The van der Waals surface area contributed by atoms with Crippen LogP contribution in [0.3, 0.4) is 0 Å². The Morgan fingerprint density at radius 3 is 3.00 bits per heavy atom. The molecule has 104 valence electrons. The monoisotopic (exact) mass is 338 g/mol. The number of amides is 1. The highest BCUT2D eigenvalue weighted by molar-refractivity contribution is 9.10. The maximum absolute atomic E-state index is 12.0. The Hall–Kier alpha value is -2.05. The standard InChI is InChI=1S/C12H11BrN4O3/c13-11-8(12(19)20)2-1-3-9(11)17-6-7(4-10(17)18)5-15-16-14/h1-3,7H,4-6H2,(H,19,20). The molecule has 0 radical (unpaired) electrons. The van der Waals surface area contributed by atoms with Crippen LogP contribution in [0.4, 0.5) is 5.69 Å². The molecular weight excluding hydrogens is 328 g/mol. The molecule has 2 rings (SSSR count). The van der Waals surface area contributed by atoms with Gasteiger partial charge in [0, 0.05) is 24.4 Å². The molecule has 7 nitrogen and oxygen atoms in total. The van der Waals surface area contributed by atoms with Crippen LogP contribution in [0, 0.1) is 5.92 Å². The van der Waals surface area contributed by atoms with Gasteiger partial charge in [-0.1, -0.05) is 11.2 Å². The Morgan fingerprint density at radius 1 is 1.60 bits per heavy atom. The van der Waals surface area contributed by atoms with Crippen LogP contribution in [0.5, 0.6) is 0 Å². The Bertz CT molecular complexity index is 613. The lowest BCUT2D eigenvalue weighted by molar-refractivity contribution is -0.117. The summed E-state index contributed by atoms with van der Waals surface area (Å²) in [5.74, 6) is -1.21. The van der Waals surface area contributed by atoms with Crippen molar-refractivity contribution in [3.8, 4) is 0 Å². The van der Waals surface area contributed by atoms with Gasteiger partial charge in [-0.15, -0.1) is 0 Å². The van der Waals surface area contributed by atoms with E-state index in [0.29, 0.717) is 23.1 Å². The zero-order valence-electron chi connectivity index (χ0n) is 10.4. The van der Waals surface area contributed by atoms with E-state index in [2.05, 4.69) is 26.0 Å². The van der Waals surface area contributed by atoms with Gasteiger partial charge in [0.15, 0.2) is 0 Å². The summed E-state index contributed by atoms with van der Waals surface area (Å²) in [6.07, 6.45) is 0.294. The Labute approximate surface area is 122 Å². The zero-order chi connectivity index (χ0) is 14.7. The average molecular weight is 339 g/mol. The predicted octanol–water partition coefficient (Wildman–Crippen LogP) is 2.81. The number of rotatable bonds is 4. The fraction of sp³-hybridized carbons (Fsp3) is 0.333. The van der Waals surface area contributed by atoms with Gasteiger partial charge in [-0.2, -0.15) is 0 Å². The maximum Gasteiger partial charge on any atom is 0.336 e. The first-order chi connectivity index (χ1) is 9.54. The highest BCUT2D eigenvalue weighted by Gasteiger charge is 2.31. The number of carbonyl (C=O) groups is 2. The quantitative estimate of drug-likeness (QED) is 0.518. The molecule has 8 heteroatoms. The van der Waals surface area contributed by atoms with Gasteiger partial charge in [0.1, 0.15) is 0 Å². The normalized spacial score (nSPS) is 17.9.